The van der Waals surface area contributed by atoms with E-state index >= 15 is 0 Å². The highest BCUT2D eigenvalue weighted by Crippen LogP contribution is 2.36. The average molecular weight is 530 g/mol. The fraction of sp³-hybridized carbons (Fsp3) is 0.250. The molecule has 194 valence electrons. The maximum absolute atomic E-state index is 11.1. The number of hydrogen-bond donors (Lipinski definition) is 0. The lowest BCUT2D eigenvalue weighted by Crippen LogP contribution is -2.10. The summed E-state index contributed by atoms with van der Waals surface area (Å²) >= 11 is 1.56. The van der Waals surface area contributed by atoms with Gasteiger partial charge in [-0.15, -0.1) is 5.10 Å². The normalized spacial score (nSPS) is 11.7. The Morgan fingerprint density at radius 1 is 0.947 bits per heavy atom. The van der Waals surface area contributed by atoms with Gasteiger partial charge in [-0.3, -0.25) is 10.1 Å². The van der Waals surface area contributed by atoms with Gasteiger partial charge >= 0.3 is 0 Å². The minimum atomic E-state index is -0.430. The van der Waals surface area contributed by atoms with E-state index in [-0.39, 0.29) is 11.1 Å². The Kier molecular flexibility index (Phi) is 6.66. The second-order valence-electron chi connectivity index (χ2n) is 9.83. The monoisotopic (exact) mass is 529 g/mol. The van der Waals surface area contributed by atoms with Crippen molar-refractivity contribution in [2.45, 2.75) is 37.1 Å². The highest BCUT2D eigenvalue weighted by Gasteiger charge is 2.19. The average Bonchev–Trinajstić information content (AvgIpc) is 3.36. The van der Waals surface area contributed by atoms with E-state index in [2.05, 4.69) is 45.0 Å². The number of aromatic nitrogens is 4. The fourth-order valence-electron chi connectivity index (χ4n) is 4.11. The van der Waals surface area contributed by atoms with Crippen molar-refractivity contribution in [3.8, 4) is 22.9 Å². The van der Waals surface area contributed by atoms with Crippen LogP contribution in [0.15, 0.2) is 65.8 Å². The van der Waals surface area contributed by atoms with E-state index in [9.17, 15) is 10.1 Å². The van der Waals surface area contributed by atoms with Crippen LogP contribution in [0.3, 0.4) is 0 Å². The zero-order valence-corrected chi connectivity index (χ0v) is 22.6. The number of nitrogens with zero attached hydrogens (tertiary/aromatic N) is 5. The van der Waals surface area contributed by atoms with Gasteiger partial charge in [-0.05, 0) is 34.7 Å². The Hall–Kier alpha value is -4.18. The van der Waals surface area contributed by atoms with E-state index in [1.165, 1.54) is 23.3 Å². The first-order chi connectivity index (χ1) is 18.2. The first kappa shape index (κ1) is 25.5. The van der Waals surface area contributed by atoms with Crippen molar-refractivity contribution in [3.63, 3.8) is 0 Å². The van der Waals surface area contributed by atoms with Crippen LogP contribution < -0.4 is 9.47 Å². The van der Waals surface area contributed by atoms with E-state index in [4.69, 9.17) is 24.5 Å². The summed E-state index contributed by atoms with van der Waals surface area (Å²) in [5.41, 5.74) is 4.52. The van der Waals surface area contributed by atoms with E-state index < -0.39 is 4.92 Å². The van der Waals surface area contributed by atoms with Crippen LogP contribution in [0.2, 0.25) is 0 Å². The molecular formula is C28H27N5O4S. The van der Waals surface area contributed by atoms with Gasteiger partial charge in [0.25, 0.3) is 5.69 Å². The van der Waals surface area contributed by atoms with Crippen LogP contribution in [0.5, 0.6) is 11.5 Å². The zero-order valence-electron chi connectivity index (χ0n) is 21.8. The van der Waals surface area contributed by atoms with Gasteiger partial charge in [0.15, 0.2) is 28.1 Å². The lowest BCUT2D eigenvalue weighted by molar-refractivity contribution is -0.384. The third-order valence-corrected chi connectivity index (χ3v) is 7.27. The van der Waals surface area contributed by atoms with E-state index in [1.54, 1.807) is 42.6 Å². The van der Waals surface area contributed by atoms with Crippen LogP contribution in [0.25, 0.3) is 27.9 Å². The van der Waals surface area contributed by atoms with Gasteiger partial charge in [-0.2, -0.15) is 4.52 Å². The van der Waals surface area contributed by atoms with Crippen molar-refractivity contribution in [3.05, 3.63) is 81.9 Å². The third-order valence-electron chi connectivity index (χ3n) is 6.27. The smallest absolute Gasteiger partial charge is 0.269 e. The fourth-order valence-corrected chi connectivity index (χ4v) is 5.01. The summed E-state index contributed by atoms with van der Waals surface area (Å²) in [6.45, 7) is 6.59. The number of hydrogen-bond acceptors (Lipinski definition) is 8. The summed E-state index contributed by atoms with van der Waals surface area (Å²) in [4.78, 5) is 20.4. The standard InChI is InChI=1S/C28H27N5O4S/c1-28(2,3)19-10-6-17(7-11-19)16-38-27-29-22-15-24(37-5)23(36-4)14-21(22)26-30-25(31-32(26)27)18-8-12-20(13-9-18)33(34)35/h6-15H,16H2,1-5H3. The van der Waals surface area contributed by atoms with Crippen molar-refractivity contribution >= 4 is 34.0 Å². The molecule has 5 aromatic rings. The highest BCUT2D eigenvalue weighted by molar-refractivity contribution is 7.98. The first-order valence-electron chi connectivity index (χ1n) is 12.0. The number of ether oxygens (including phenoxy) is 2. The van der Waals surface area contributed by atoms with Crippen LogP contribution >= 0.6 is 11.8 Å². The zero-order chi connectivity index (χ0) is 27.0. The molecule has 3 aromatic carbocycles. The molecule has 10 heteroatoms. The topological polar surface area (TPSA) is 105 Å². The van der Waals surface area contributed by atoms with Gasteiger partial charge in [0, 0.05) is 34.9 Å². The molecule has 0 aliphatic heterocycles. The van der Waals surface area contributed by atoms with Crippen LogP contribution in [0.4, 0.5) is 5.69 Å². The Bertz CT molecular complexity index is 1640. The third kappa shape index (κ3) is 4.87. The number of non-ortho nitro benzene ring substituents is 1. The number of methoxy groups -OCH3 is 2. The number of benzene rings is 3. The van der Waals surface area contributed by atoms with E-state index in [1.807, 2.05) is 12.1 Å². The predicted molar refractivity (Wildman–Crippen MR) is 148 cm³/mol. The van der Waals surface area contributed by atoms with Gasteiger partial charge in [0.1, 0.15) is 0 Å². The Labute approximate surface area is 224 Å². The molecule has 38 heavy (non-hydrogen) atoms. The molecule has 0 aliphatic rings. The Balaban J connectivity index is 1.60. The van der Waals surface area contributed by atoms with E-state index in [0.29, 0.717) is 45.0 Å². The molecule has 0 spiro atoms. The molecular weight excluding hydrogens is 502 g/mol. The van der Waals surface area contributed by atoms with E-state index in [0.717, 1.165) is 5.39 Å². The summed E-state index contributed by atoms with van der Waals surface area (Å²) in [6.07, 6.45) is 0. The quantitative estimate of drug-likeness (QED) is 0.102. The Morgan fingerprint density at radius 3 is 2.21 bits per heavy atom. The molecule has 2 heterocycles. The van der Waals surface area contributed by atoms with Crippen molar-refractivity contribution in [2.75, 3.05) is 14.2 Å². The van der Waals surface area contributed by atoms with Crippen molar-refractivity contribution in [1.82, 2.24) is 19.6 Å². The highest BCUT2D eigenvalue weighted by atomic mass is 32.2. The van der Waals surface area contributed by atoms with Crippen molar-refractivity contribution in [2.24, 2.45) is 0 Å². The van der Waals surface area contributed by atoms with Gasteiger partial charge in [-0.1, -0.05) is 56.8 Å². The van der Waals surface area contributed by atoms with Gasteiger partial charge in [-0.25, -0.2) is 9.97 Å². The SMILES string of the molecule is COc1cc2nc(SCc3ccc(C(C)(C)C)cc3)n3nc(-c4ccc([N+](=O)[O-])cc4)nc3c2cc1OC. The number of nitro groups is 1. The lowest BCUT2D eigenvalue weighted by atomic mass is 9.87. The second kappa shape index (κ2) is 9.94. The molecule has 2 aromatic heterocycles. The number of nitro benzene ring substituents is 1. The van der Waals surface area contributed by atoms with Crippen molar-refractivity contribution < 1.29 is 14.4 Å². The summed E-state index contributed by atoms with van der Waals surface area (Å²) < 4.78 is 12.7. The van der Waals surface area contributed by atoms with Crippen LogP contribution in [-0.4, -0.2) is 38.7 Å². The molecule has 5 rings (SSSR count). The van der Waals surface area contributed by atoms with Gasteiger partial charge in [0.05, 0.1) is 24.7 Å². The molecule has 0 saturated heterocycles. The molecule has 0 radical (unpaired) electrons. The predicted octanol–water partition coefficient (Wildman–Crippen LogP) is 6.46. The van der Waals surface area contributed by atoms with Crippen LogP contribution in [0.1, 0.15) is 31.9 Å². The molecule has 0 N–H and O–H groups in total. The largest absolute Gasteiger partial charge is 0.493 e. The Morgan fingerprint density at radius 2 is 1.61 bits per heavy atom. The molecule has 0 aliphatic carbocycles. The molecule has 0 atom stereocenters. The molecule has 0 unspecified atom stereocenters. The minimum absolute atomic E-state index is 0.00943. The van der Waals surface area contributed by atoms with Gasteiger partial charge in [0.2, 0.25) is 0 Å². The molecule has 0 fully saturated rings. The maximum atomic E-state index is 11.1. The van der Waals surface area contributed by atoms with Gasteiger partial charge < -0.3 is 9.47 Å². The maximum Gasteiger partial charge on any atom is 0.269 e. The summed E-state index contributed by atoms with van der Waals surface area (Å²) in [5, 5.41) is 17.3. The summed E-state index contributed by atoms with van der Waals surface area (Å²) in [6, 6.07) is 18.5. The minimum Gasteiger partial charge on any atom is -0.493 e. The number of thioether (sulfide) groups is 1. The molecule has 0 saturated carbocycles. The van der Waals surface area contributed by atoms with Crippen LogP contribution in [-0.2, 0) is 11.2 Å². The van der Waals surface area contributed by atoms with Crippen molar-refractivity contribution in [1.29, 1.82) is 0 Å². The summed E-state index contributed by atoms with van der Waals surface area (Å²) in [5.74, 6) is 2.27. The number of rotatable bonds is 7. The lowest BCUT2D eigenvalue weighted by Gasteiger charge is -2.19. The second-order valence-corrected chi connectivity index (χ2v) is 10.8. The molecule has 9 nitrogen and oxygen atoms in total. The molecule has 0 bridgehead atoms. The van der Waals surface area contributed by atoms with Crippen LogP contribution in [0, 0.1) is 10.1 Å². The summed E-state index contributed by atoms with van der Waals surface area (Å²) in [7, 11) is 3.17. The molecule has 0 amide bonds. The number of fused-ring (bicyclic) bond motifs is 3. The first-order valence-corrected chi connectivity index (χ1v) is 13.0.